The summed E-state index contributed by atoms with van der Waals surface area (Å²) in [6, 6.07) is 17.6. The molecule has 2 N–H and O–H groups in total. The highest BCUT2D eigenvalue weighted by atomic mass is 16.4. The van der Waals surface area contributed by atoms with Crippen molar-refractivity contribution in [3.8, 4) is 11.5 Å². The summed E-state index contributed by atoms with van der Waals surface area (Å²) in [4.78, 5) is 26.6. The first-order valence-corrected chi connectivity index (χ1v) is 11.1. The summed E-state index contributed by atoms with van der Waals surface area (Å²) >= 11 is 0. The Labute approximate surface area is 197 Å². The molecule has 0 spiro atoms. The topological polar surface area (TPSA) is 97.9 Å². The third-order valence-corrected chi connectivity index (χ3v) is 6.14. The zero-order chi connectivity index (χ0) is 23.9. The number of carbonyl (C=O) groups is 1. The number of carbonyl (C=O) groups excluding carboxylic acids is 1. The molecular formula is C26H26N6O2. The SMILES string of the molecule is CNc1nc2oc(-c3cccc(CNC(=O)C(C)(C)c4ccccc4)c3)nc2c2c1ncn2C. The van der Waals surface area contributed by atoms with Gasteiger partial charge in [0, 0.05) is 26.2 Å². The van der Waals surface area contributed by atoms with E-state index >= 15 is 0 Å². The fraction of sp³-hybridized carbons (Fsp3) is 0.231. The normalized spacial score (nSPS) is 11.8. The molecule has 0 bridgehead atoms. The second-order valence-electron chi connectivity index (χ2n) is 8.81. The highest BCUT2D eigenvalue weighted by Gasteiger charge is 2.29. The van der Waals surface area contributed by atoms with Crippen LogP contribution in [0.4, 0.5) is 5.82 Å². The summed E-state index contributed by atoms with van der Waals surface area (Å²) < 4.78 is 7.94. The third kappa shape index (κ3) is 3.67. The van der Waals surface area contributed by atoms with E-state index in [9.17, 15) is 4.79 Å². The largest absolute Gasteiger partial charge is 0.418 e. The third-order valence-electron chi connectivity index (χ3n) is 6.14. The fourth-order valence-corrected chi connectivity index (χ4v) is 4.08. The summed E-state index contributed by atoms with van der Waals surface area (Å²) in [5, 5.41) is 6.13. The Kier molecular flexibility index (Phi) is 5.28. The second kappa shape index (κ2) is 8.30. The van der Waals surface area contributed by atoms with E-state index in [4.69, 9.17) is 9.40 Å². The van der Waals surface area contributed by atoms with E-state index in [0.29, 0.717) is 29.5 Å². The number of rotatable bonds is 6. The highest BCUT2D eigenvalue weighted by molar-refractivity contribution is 6.03. The van der Waals surface area contributed by atoms with Gasteiger partial charge in [-0.25, -0.2) is 9.97 Å². The van der Waals surface area contributed by atoms with Crippen LogP contribution in [0.25, 0.3) is 33.7 Å². The molecule has 0 atom stereocenters. The van der Waals surface area contributed by atoms with E-state index in [-0.39, 0.29) is 5.91 Å². The van der Waals surface area contributed by atoms with E-state index in [0.717, 1.165) is 27.7 Å². The number of pyridine rings is 1. The minimum absolute atomic E-state index is 0.0339. The van der Waals surface area contributed by atoms with Gasteiger partial charge in [-0.2, -0.15) is 4.98 Å². The number of anilines is 1. The molecule has 0 saturated heterocycles. The summed E-state index contributed by atoms with van der Waals surface area (Å²) in [6.45, 7) is 4.26. The molecule has 0 radical (unpaired) electrons. The first kappa shape index (κ1) is 21.6. The Bertz CT molecular complexity index is 1500. The van der Waals surface area contributed by atoms with Gasteiger partial charge in [-0.15, -0.1) is 0 Å². The lowest BCUT2D eigenvalue weighted by Gasteiger charge is -2.24. The Morgan fingerprint density at radius 3 is 2.62 bits per heavy atom. The van der Waals surface area contributed by atoms with Crippen LogP contribution in [0.5, 0.6) is 0 Å². The van der Waals surface area contributed by atoms with Gasteiger partial charge in [-0.3, -0.25) is 4.79 Å². The van der Waals surface area contributed by atoms with Gasteiger partial charge >= 0.3 is 0 Å². The van der Waals surface area contributed by atoms with Crippen LogP contribution < -0.4 is 10.6 Å². The number of nitrogens with zero attached hydrogens (tertiary/aromatic N) is 4. The quantitative estimate of drug-likeness (QED) is 0.394. The van der Waals surface area contributed by atoms with E-state index in [1.807, 2.05) is 80.1 Å². The number of imidazole rings is 1. The summed E-state index contributed by atoms with van der Waals surface area (Å²) in [5.74, 6) is 1.08. The maximum atomic E-state index is 12.9. The van der Waals surface area contributed by atoms with E-state index in [1.54, 1.807) is 13.4 Å². The lowest BCUT2D eigenvalue weighted by atomic mass is 9.84. The predicted molar refractivity (Wildman–Crippen MR) is 132 cm³/mol. The van der Waals surface area contributed by atoms with Gasteiger partial charge in [0.2, 0.25) is 11.8 Å². The predicted octanol–water partition coefficient (Wildman–Crippen LogP) is 4.41. The molecule has 8 nitrogen and oxygen atoms in total. The number of hydrogen-bond acceptors (Lipinski definition) is 6. The van der Waals surface area contributed by atoms with Gasteiger partial charge in [-0.1, -0.05) is 42.5 Å². The zero-order valence-corrected chi connectivity index (χ0v) is 19.6. The minimum Gasteiger partial charge on any atom is -0.418 e. The molecule has 0 fully saturated rings. The lowest BCUT2D eigenvalue weighted by Crippen LogP contribution is -2.39. The first-order valence-electron chi connectivity index (χ1n) is 11.1. The van der Waals surface area contributed by atoms with Crippen molar-refractivity contribution in [2.75, 3.05) is 12.4 Å². The summed E-state index contributed by atoms with van der Waals surface area (Å²) in [5.41, 5.74) is 4.81. The molecule has 1 amide bonds. The van der Waals surface area contributed by atoms with Crippen molar-refractivity contribution in [2.45, 2.75) is 25.8 Å². The number of benzene rings is 2. The molecule has 0 aliphatic rings. The Morgan fingerprint density at radius 1 is 1.06 bits per heavy atom. The number of aryl methyl sites for hydroxylation is 1. The number of hydrogen-bond donors (Lipinski definition) is 2. The number of nitrogens with one attached hydrogen (secondary N) is 2. The average molecular weight is 455 g/mol. The first-order chi connectivity index (χ1) is 16.4. The van der Waals surface area contributed by atoms with Crippen molar-refractivity contribution in [1.82, 2.24) is 24.8 Å². The molecule has 0 unspecified atom stereocenters. The monoisotopic (exact) mass is 454 g/mol. The van der Waals surface area contributed by atoms with Gasteiger partial charge in [0.15, 0.2) is 11.3 Å². The maximum Gasteiger partial charge on any atom is 0.251 e. The molecule has 3 heterocycles. The Morgan fingerprint density at radius 2 is 1.85 bits per heavy atom. The average Bonchev–Trinajstić information content (AvgIpc) is 3.46. The molecule has 3 aromatic heterocycles. The molecule has 2 aromatic carbocycles. The molecule has 5 rings (SSSR count). The highest BCUT2D eigenvalue weighted by Crippen LogP contribution is 2.31. The zero-order valence-electron chi connectivity index (χ0n) is 19.6. The Balaban J connectivity index is 1.42. The number of fused-ring (bicyclic) bond motifs is 3. The van der Waals surface area contributed by atoms with Crippen molar-refractivity contribution in [3.63, 3.8) is 0 Å². The fourth-order valence-electron chi connectivity index (χ4n) is 4.08. The molecule has 34 heavy (non-hydrogen) atoms. The molecular weight excluding hydrogens is 428 g/mol. The van der Waals surface area contributed by atoms with Crippen LogP contribution >= 0.6 is 0 Å². The van der Waals surface area contributed by atoms with Gasteiger partial charge in [-0.05, 0) is 37.1 Å². The summed E-state index contributed by atoms with van der Waals surface area (Å²) in [7, 11) is 3.72. The van der Waals surface area contributed by atoms with Gasteiger partial charge in [0.05, 0.1) is 11.7 Å². The molecule has 5 aromatic rings. The van der Waals surface area contributed by atoms with Crippen LogP contribution in [0.1, 0.15) is 25.0 Å². The number of oxazole rings is 1. The summed E-state index contributed by atoms with van der Waals surface area (Å²) in [6.07, 6.45) is 1.74. The number of amides is 1. The standard InChI is InChI=1S/C26H26N6O2/c1-26(2,18-11-6-5-7-12-18)25(33)28-14-16-9-8-10-17(13-16)23-30-20-21-19(29-15-32(21)4)22(27-3)31-24(20)34-23/h5-13,15H,14H2,1-4H3,(H,27,31)(H,28,33). The minimum atomic E-state index is -0.635. The van der Waals surface area contributed by atoms with Crippen LogP contribution in [-0.2, 0) is 23.8 Å². The smallest absolute Gasteiger partial charge is 0.251 e. The molecule has 0 aliphatic heterocycles. The van der Waals surface area contributed by atoms with Gasteiger partial charge in [0.25, 0.3) is 5.71 Å². The van der Waals surface area contributed by atoms with E-state index in [1.165, 1.54) is 0 Å². The van der Waals surface area contributed by atoms with E-state index in [2.05, 4.69) is 20.6 Å². The molecule has 0 saturated carbocycles. The van der Waals surface area contributed by atoms with Crippen molar-refractivity contribution < 1.29 is 9.21 Å². The Hall–Kier alpha value is -4.20. The van der Waals surface area contributed by atoms with Crippen molar-refractivity contribution in [1.29, 1.82) is 0 Å². The van der Waals surface area contributed by atoms with Crippen LogP contribution in [-0.4, -0.2) is 32.5 Å². The molecule has 8 heteroatoms. The van der Waals surface area contributed by atoms with E-state index < -0.39 is 5.41 Å². The van der Waals surface area contributed by atoms with Gasteiger partial charge in [0.1, 0.15) is 11.0 Å². The van der Waals surface area contributed by atoms with Crippen LogP contribution in [0.15, 0.2) is 65.3 Å². The number of aromatic nitrogens is 4. The second-order valence-corrected chi connectivity index (χ2v) is 8.81. The van der Waals surface area contributed by atoms with Crippen LogP contribution in [0.3, 0.4) is 0 Å². The van der Waals surface area contributed by atoms with Crippen molar-refractivity contribution in [2.24, 2.45) is 7.05 Å². The van der Waals surface area contributed by atoms with Crippen LogP contribution in [0, 0.1) is 0 Å². The van der Waals surface area contributed by atoms with Crippen molar-refractivity contribution >= 4 is 34.0 Å². The lowest BCUT2D eigenvalue weighted by molar-refractivity contribution is -0.125. The molecule has 172 valence electrons. The van der Waals surface area contributed by atoms with Crippen LogP contribution in [0.2, 0.25) is 0 Å². The van der Waals surface area contributed by atoms with Gasteiger partial charge < -0.3 is 19.6 Å². The van der Waals surface area contributed by atoms with Crippen molar-refractivity contribution in [3.05, 3.63) is 72.1 Å². The maximum absolute atomic E-state index is 12.9. The molecule has 0 aliphatic carbocycles.